The number of alkyl carbamates (subject to hydrolysis) is 1. The maximum Gasteiger partial charge on any atom is 0.418 e. The minimum absolute atomic E-state index is 0.0196. The van der Waals surface area contributed by atoms with E-state index in [0.29, 0.717) is 36.0 Å². The number of aliphatic hydroxyl groups excluding tert-OH is 1. The third-order valence-corrected chi connectivity index (χ3v) is 10.8. The van der Waals surface area contributed by atoms with Gasteiger partial charge in [-0.15, -0.1) is 0 Å². The number of fused-ring (bicyclic) bond motifs is 3. The summed E-state index contributed by atoms with van der Waals surface area (Å²) in [5, 5.41) is 17.9. The van der Waals surface area contributed by atoms with E-state index in [4.69, 9.17) is 9.47 Å². The summed E-state index contributed by atoms with van der Waals surface area (Å²) in [4.78, 5) is 71.6. The Bertz CT molecular complexity index is 1920. The fraction of sp³-hybridized carbons (Fsp3) is 0.537. The molecule has 17 heteroatoms. The Morgan fingerprint density at radius 1 is 1.03 bits per heavy atom. The van der Waals surface area contributed by atoms with Gasteiger partial charge in [0.15, 0.2) is 6.10 Å². The Balaban J connectivity index is 1.22. The number of carbonyl (C=O) groups excluding carboxylic acids is 5. The number of carbonyl (C=O) groups is 5. The number of aliphatic hydroxyl groups is 1. The van der Waals surface area contributed by atoms with Crippen LogP contribution in [0.4, 0.5) is 27.2 Å². The largest absolute Gasteiger partial charge is 0.444 e. The summed E-state index contributed by atoms with van der Waals surface area (Å²) in [5.41, 5.74) is -1.19. The second-order valence-corrected chi connectivity index (χ2v) is 16.4. The van der Waals surface area contributed by atoms with Crippen LogP contribution in [-0.2, 0) is 43.5 Å². The van der Waals surface area contributed by atoms with E-state index in [1.165, 1.54) is 28.0 Å². The molecule has 0 aromatic heterocycles. The molecule has 0 radical (unpaired) electrons. The van der Waals surface area contributed by atoms with Crippen LogP contribution < -0.4 is 16.0 Å². The first-order valence-corrected chi connectivity index (χ1v) is 19.5. The van der Waals surface area contributed by atoms with Crippen LogP contribution in [0.3, 0.4) is 0 Å². The van der Waals surface area contributed by atoms with Gasteiger partial charge in [-0.25, -0.2) is 14.0 Å². The van der Waals surface area contributed by atoms with Crippen molar-refractivity contribution < 1.29 is 56.1 Å². The van der Waals surface area contributed by atoms with E-state index in [1.54, 1.807) is 32.9 Å². The number of nitrogens with zero attached hydrogens (tertiary/aromatic N) is 2. The zero-order chi connectivity index (χ0) is 42.0. The summed E-state index contributed by atoms with van der Waals surface area (Å²) in [6.45, 7) is 4.84. The van der Waals surface area contributed by atoms with Crippen LogP contribution >= 0.6 is 0 Å². The van der Waals surface area contributed by atoms with Crippen molar-refractivity contribution in [1.82, 2.24) is 25.8 Å². The third-order valence-electron chi connectivity index (χ3n) is 10.8. The lowest BCUT2D eigenvalue weighted by molar-refractivity contribution is -0.206. The molecule has 0 bridgehead atoms. The molecular weight excluding hydrogens is 766 g/mol. The summed E-state index contributed by atoms with van der Waals surface area (Å²) in [5.74, 6) is -2.70. The van der Waals surface area contributed by atoms with Crippen LogP contribution in [0.2, 0.25) is 0 Å². The van der Waals surface area contributed by atoms with Gasteiger partial charge in [0.05, 0.1) is 13.1 Å². The van der Waals surface area contributed by atoms with Crippen molar-refractivity contribution >= 4 is 29.9 Å². The summed E-state index contributed by atoms with van der Waals surface area (Å²) >= 11 is 0. The molecule has 2 fully saturated rings. The number of alkyl halides is 3. The van der Waals surface area contributed by atoms with E-state index < -0.39 is 83.3 Å². The van der Waals surface area contributed by atoms with E-state index in [9.17, 15) is 46.6 Å². The molecule has 1 saturated heterocycles. The van der Waals surface area contributed by atoms with E-state index in [1.807, 2.05) is 12.2 Å². The molecule has 6 rings (SSSR count). The fourth-order valence-corrected chi connectivity index (χ4v) is 7.69. The van der Waals surface area contributed by atoms with Crippen molar-refractivity contribution in [3.05, 3.63) is 82.7 Å². The zero-order valence-corrected chi connectivity index (χ0v) is 32.6. The number of ether oxygens (including phenoxy) is 2. The molecule has 13 nitrogen and oxygen atoms in total. The number of rotatable bonds is 6. The van der Waals surface area contributed by atoms with Gasteiger partial charge < -0.3 is 35.4 Å². The zero-order valence-electron chi connectivity index (χ0n) is 32.6. The van der Waals surface area contributed by atoms with Gasteiger partial charge in [-0.2, -0.15) is 13.2 Å². The van der Waals surface area contributed by atoms with Gasteiger partial charge in [-0.3, -0.25) is 19.3 Å². The highest BCUT2D eigenvalue weighted by Crippen LogP contribution is 2.46. The molecular formula is C41H49F4N5O8. The fourth-order valence-electron chi connectivity index (χ4n) is 7.69. The molecule has 1 saturated carbocycles. The highest BCUT2D eigenvalue weighted by Gasteiger charge is 2.61. The first-order valence-electron chi connectivity index (χ1n) is 19.5. The molecule has 4 aliphatic rings. The molecule has 2 aromatic rings. The van der Waals surface area contributed by atoms with Gasteiger partial charge in [0.25, 0.3) is 0 Å². The maximum atomic E-state index is 14.5. The number of benzene rings is 2. The highest BCUT2D eigenvalue weighted by atomic mass is 19.4. The molecule has 6 atom stereocenters. The Kier molecular flexibility index (Phi) is 12.4. The molecule has 3 aliphatic heterocycles. The number of hydrogen-bond donors (Lipinski definition) is 4. The van der Waals surface area contributed by atoms with Crippen molar-refractivity contribution in [2.24, 2.45) is 5.92 Å². The Hall–Kier alpha value is -5.19. The smallest absolute Gasteiger partial charge is 0.418 e. The molecule has 2 aromatic carbocycles. The van der Waals surface area contributed by atoms with Gasteiger partial charge in [-0.05, 0) is 69.2 Å². The molecule has 3 unspecified atom stereocenters. The van der Waals surface area contributed by atoms with Crippen LogP contribution in [0.15, 0.2) is 54.6 Å². The van der Waals surface area contributed by atoms with Gasteiger partial charge >= 0.3 is 18.4 Å². The number of hydrogen-bond acceptors (Lipinski definition) is 8. The second kappa shape index (κ2) is 17.0. The quantitative estimate of drug-likeness (QED) is 0.221. The van der Waals surface area contributed by atoms with Crippen molar-refractivity contribution in [3.63, 3.8) is 0 Å². The highest BCUT2D eigenvalue weighted by molar-refractivity contribution is 5.98. The number of nitrogens with one attached hydrogen (secondary N) is 3. The van der Waals surface area contributed by atoms with Crippen LogP contribution in [0, 0.1) is 11.7 Å². The average molecular weight is 816 g/mol. The predicted molar refractivity (Wildman–Crippen MR) is 200 cm³/mol. The van der Waals surface area contributed by atoms with Gasteiger partial charge in [0.1, 0.15) is 35.1 Å². The van der Waals surface area contributed by atoms with Crippen LogP contribution in [-0.4, -0.2) is 86.9 Å². The van der Waals surface area contributed by atoms with Crippen molar-refractivity contribution in [2.75, 3.05) is 6.54 Å². The Labute approximate surface area is 333 Å². The lowest BCUT2D eigenvalue weighted by Gasteiger charge is -2.30. The molecule has 0 spiro atoms. The molecule has 314 valence electrons. The number of amides is 5. The molecule has 5 amide bonds. The Morgan fingerprint density at radius 2 is 1.78 bits per heavy atom. The standard InChI is InChI=1S/C41H49F4N5O8/c1-39(2,3)58-37(55)47-31-13-8-6-4-5-7-11-27-19-40(27,36(54)46-20-24-14-16-25(17-15-24)33(51)41(43,44)45)48-34(52)32-18-28(22-50(32)35(31)53)57-38(56)49-21-26-10-9-12-30(42)29(26)23-49/h7,9-12,14-17,27-28,31-33,51H,4-6,8,13,18-23H2,1-3H3,(H,46,54)(H,47,55)(H,48,52)/b11-7-/t27?,28-,31?,32+,33?,40-/m1/s1. The molecule has 58 heavy (non-hydrogen) atoms. The van der Waals surface area contributed by atoms with Crippen LogP contribution in [0.1, 0.15) is 94.1 Å². The minimum Gasteiger partial charge on any atom is -0.444 e. The van der Waals surface area contributed by atoms with E-state index >= 15 is 0 Å². The number of halogens is 4. The molecule has 3 heterocycles. The summed E-state index contributed by atoms with van der Waals surface area (Å²) in [6.07, 6.45) is -3.27. The first kappa shape index (κ1) is 42.4. The lowest BCUT2D eigenvalue weighted by atomic mass is 10.0. The van der Waals surface area contributed by atoms with E-state index in [0.717, 1.165) is 18.6 Å². The van der Waals surface area contributed by atoms with Crippen molar-refractivity contribution in [3.8, 4) is 0 Å². The topological polar surface area (TPSA) is 167 Å². The van der Waals surface area contributed by atoms with Crippen molar-refractivity contribution in [2.45, 2.75) is 127 Å². The molecule has 1 aliphatic carbocycles. The SMILES string of the molecule is CC(C)(C)OC(=O)NC1CCCCC/C=C\C2C[C@@]2(C(=O)NCc2ccc(C(O)C(F)(F)F)cc2)NC(=O)[C@@H]2C[C@@H](OC(=O)N3Cc4cccc(F)c4C3)CN2C1=O. The van der Waals surface area contributed by atoms with E-state index in [-0.39, 0.29) is 51.0 Å². The molecule has 4 N–H and O–H groups in total. The van der Waals surface area contributed by atoms with Gasteiger partial charge in [0.2, 0.25) is 17.7 Å². The third kappa shape index (κ3) is 9.91. The first-order chi connectivity index (χ1) is 27.3. The summed E-state index contributed by atoms with van der Waals surface area (Å²) in [6, 6.07) is 7.19. The lowest BCUT2D eigenvalue weighted by Crippen LogP contribution is -2.57. The van der Waals surface area contributed by atoms with E-state index in [2.05, 4.69) is 16.0 Å². The predicted octanol–water partition coefficient (Wildman–Crippen LogP) is 5.45. The van der Waals surface area contributed by atoms with Crippen LogP contribution in [0.25, 0.3) is 0 Å². The normalized spacial score (nSPS) is 26.1. The van der Waals surface area contributed by atoms with Crippen LogP contribution in [0.5, 0.6) is 0 Å². The summed E-state index contributed by atoms with van der Waals surface area (Å²) < 4.78 is 64.7. The van der Waals surface area contributed by atoms with Gasteiger partial charge in [0, 0.05) is 31.0 Å². The average Bonchev–Trinajstić information content (AvgIpc) is 3.44. The maximum absolute atomic E-state index is 14.5. The van der Waals surface area contributed by atoms with Crippen molar-refractivity contribution in [1.29, 1.82) is 0 Å². The number of allylic oxidation sites excluding steroid dienone is 1. The van der Waals surface area contributed by atoms with Gasteiger partial charge in [-0.1, -0.05) is 61.4 Å². The monoisotopic (exact) mass is 815 g/mol. The minimum atomic E-state index is -4.84. The Morgan fingerprint density at radius 3 is 2.47 bits per heavy atom. The second-order valence-electron chi connectivity index (χ2n) is 16.4. The summed E-state index contributed by atoms with van der Waals surface area (Å²) in [7, 11) is 0.